The summed E-state index contributed by atoms with van der Waals surface area (Å²) < 4.78 is 5.90. The number of aromatic nitrogens is 1. The Hall–Kier alpha value is -1.79. The van der Waals surface area contributed by atoms with Crippen LogP contribution in [0, 0.1) is 0 Å². The van der Waals surface area contributed by atoms with Gasteiger partial charge in [-0.3, -0.25) is 4.79 Å². The molecule has 1 unspecified atom stereocenters. The van der Waals surface area contributed by atoms with E-state index in [1.165, 1.54) is 0 Å². The van der Waals surface area contributed by atoms with E-state index in [0.717, 1.165) is 19.6 Å². The molecule has 118 valence electrons. The van der Waals surface area contributed by atoms with E-state index >= 15 is 0 Å². The molecule has 1 saturated heterocycles. The second-order valence-corrected chi connectivity index (χ2v) is 5.84. The second kappa shape index (κ2) is 6.14. The minimum atomic E-state index is -0.203. The SMILES string of the molecule is CCNC(=O)c1cc(Cl)cc2nc(N3CCNCC3C)oc12. The quantitative estimate of drug-likeness (QED) is 0.905. The summed E-state index contributed by atoms with van der Waals surface area (Å²) in [5.41, 5.74) is 1.51. The molecule has 1 aromatic heterocycles. The van der Waals surface area contributed by atoms with Crippen LogP contribution in [-0.4, -0.2) is 43.1 Å². The van der Waals surface area contributed by atoms with Crippen molar-refractivity contribution in [3.8, 4) is 0 Å². The fraction of sp³-hybridized carbons (Fsp3) is 0.467. The van der Waals surface area contributed by atoms with Crippen molar-refractivity contribution in [2.75, 3.05) is 31.1 Å². The van der Waals surface area contributed by atoms with Gasteiger partial charge in [-0.2, -0.15) is 4.98 Å². The Morgan fingerprint density at radius 2 is 2.41 bits per heavy atom. The van der Waals surface area contributed by atoms with Crippen LogP contribution in [0.2, 0.25) is 5.02 Å². The summed E-state index contributed by atoms with van der Waals surface area (Å²) in [6.07, 6.45) is 0. The number of hydrogen-bond acceptors (Lipinski definition) is 5. The van der Waals surface area contributed by atoms with Crippen LogP contribution in [0.25, 0.3) is 11.1 Å². The Kier molecular flexibility index (Phi) is 4.22. The number of carbonyl (C=O) groups is 1. The standard InChI is InChI=1S/C15H19ClN4O2/c1-3-18-14(21)11-6-10(16)7-12-13(11)22-15(19-12)20-5-4-17-8-9(20)2/h6-7,9,17H,3-5,8H2,1-2H3,(H,18,21). The van der Waals surface area contributed by atoms with E-state index in [1.54, 1.807) is 12.1 Å². The third kappa shape index (κ3) is 2.76. The number of anilines is 1. The molecule has 0 saturated carbocycles. The molecule has 3 rings (SSSR count). The van der Waals surface area contributed by atoms with Crippen molar-refractivity contribution < 1.29 is 9.21 Å². The normalized spacial score (nSPS) is 18.7. The predicted molar refractivity (Wildman–Crippen MR) is 86.7 cm³/mol. The second-order valence-electron chi connectivity index (χ2n) is 5.40. The van der Waals surface area contributed by atoms with Crippen LogP contribution >= 0.6 is 11.6 Å². The molecule has 1 aliphatic heterocycles. The summed E-state index contributed by atoms with van der Waals surface area (Å²) in [6.45, 7) is 7.10. The first kappa shape index (κ1) is 15.1. The van der Waals surface area contributed by atoms with Gasteiger partial charge in [0.1, 0.15) is 5.52 Å². The number of hydrogen-bond donors (Lipinski definition) is 2. The third-order valence-corrected chi connectivity index (χ3v) is 3.99. The summed E-state index contributed by atoms with van der Waals surface area (Å²) in [5.74, 6) is -0.203. The molecule has 2 heterocycles. The number of fused-ring (bicyclic) bond motifs is 1. The third-order valence-electron chi connectivity index (χ3n) is 3.77. The number of oxazole rings is 1. The zero-order valence-electron chi connectivity index (χ0n) is 12.6. The lowest BCUT2D eigenvalue weighted by molar-refractivity contribution is 0.0956. The van der Waals surface area contributed by atoms with Gasteiger partial charge in [0.25, 0.3) is 11.9 Å². The average Bonchev–Trinajstić information content (AvgIpc) is 2.90. The molecule has 1 aliphatic rings. The molecule has 22 heavy (non-hydrogen) atoms. The van der Waals surface area contributed by atoms with Gasteiger partial charge in [0.15, 0.2) is 5.58 Å². The van der Waals surface area contributed by atoms with E-state index in [0.29, 0.717) is 34.2 Å². The first-order chi connectivity index (χ1) is 10.6. The molecule has 0 bridgehead atoms. The first-order valence-corrected chi connectivity index (χ1v) is 7.83. The van der Waals surface area contributed by atoms with Crippen molar-refractivity contribution in [2.24, 2.45) is 0 Å². The number of amides is 1. The van der Waals surface area contributed by atoms with Gasteiger partial charge in [-0.05, 0) is 26.0 Å². The molecule has 6 nitrogen and oxygen atoms in total. The lowest BCUT2D eigenvalue weighted by Crippen LogP contribution is -2.50. The van der Waals surface area contributed by atoms with Crippen LogP contribution in [0.1, 0.15) is 24.2 Å². The van der Waals surface area contributed by atoms with Crippen molar-refractivity contribution in [3.63, 3.8) is 0 Å². The maximum Gasteiger partial charge on any atom is 0.298 e. The van der Waals surface area contributed by atoms with Crippen LogP contribution < -0.4 is 15.5 Å². The van der Waals surface area contributed by atoms with Crippen LogP contribution in [0.4, 0.5) is 6.01 Å². The van der Waals surface area contributed by atoms with Gasteiger partial charge in [-0.1, -0.05) is 11.6 Å². The highest BCUT2D eigenvalue weighted by molar-refractivity contribution is 6.32. The molecular formula is C15H19ClN4O2. The monoisotopic (exact) mass is 322 g/mol. The molecule has 0 aliphatic carbocycles. The van der Waals surface area contributed by atoms with Crippen molar-refractivity contribution in [1.29, 1.82) is 0 Å². The van der Waals surface area contributed by atoms with Gasteiger partial charge in [-0.25, -0.2) is 0 Å². The molecule has 0 spiro atoms. The van der Waals surface area contributed by atoms with Gasteiger partial charge < -0.3 is 20.0 Å². The molecule has 1 amide bonds. The number of piperazine rings is 1. The minimum absolute atomic E-state index is 0.203. The molecule has 1 aromatic carbocycles. The number of benzene rings is 1. The number of nitrogens with zero attached hydrogens (tertiary/aromatic N) is 2. The van der Waals surface area contributed by atoms with E-state index in [4.69, 9.17) is 16.0 Å². The first-order valence-electron chi connectivity index (χ1n) is 7.45. The summed E-state index contributed by atoms with van der Waals surface area (Å²) in [4.78, 5) is 18.8. The topological polar surface area (TPSA) is 70.4 Å². The molecule has 0 radical (unpaired) electrons. The zero-order valence-corrected chi connectivity index (χ0v) is 13.4. The van der Waals surface area contributed by atoms with E-state index in [9.17, 15) is 4.79 Å². The Morgan fingerprint density at radius 3 is 3.14 bits per heavy atom. The Bertz CT molecular complexity index is 700. The van der Waals surface area contributed by atoms with Crippen molar-refractivity contribution >= 4 is 34.6 Å². The fourth-order valence-corrected chi connectivity index (χ4v) is 2.87. The number of nitrogens with one attached hydrogen (secondary N) is 2. The average molecular weight is 323 g/mol. The Balaban J connectivity index is 2.05. The summed E-state index contributed by atoms with van der Waals surface area (Å²) in [6, 6.07) is 4.16. The van der Waals surface area contributed by atoms with E-state index < -0.39 is 0 Å². The van der Waals surface area contributed by atoms with E-state index in [-0.39, 0.29) is 11.9 Å². The molecule has 7 heteroatoms. The van der Waals surface area contributed by atoms with Crippen LogP contribution in [0.3, 0.4) is 0 Å². The number of halogens is 1. The zero-order chi connectivity index (χ0) is 15.7. The van der Waals surface area contributed by atoms with Gasteiger partial charge in [-0.15, -0.1) is 0 Å². The summed E-state index contributed by atoms with van der Waals surface area (Å²) in [7, 11) is 0. The van der Waals surface area contributed by atoms with E-state index in [2.05, 4.69) is 27.4 Å². The maximum absolute atomic E-state index is 12.2. The largest absolute Gasteiger partial charge is 0.423 e. The van der Waals surface area contributed by atoms with Crippen LogP contribution in [0.15, 0.2) is 16.5 Å². The summed E-state index contributed by atoms with van der Waals surface area (Å²) >= 11 is 6.11. The highest BCUT2D eigenvalue weighted by atomic mass is 35.5. The van der Waals surface area contributed by atoms with Crippen LogP contribution in [-0.2, 0) is 0 Å². The molecule has 2 aromatic rings. The van der Waals surface area contributed by atoms with Crippen molar-refractivity contribution in [2.45, 2.75) is 19.9 Å². The maximum atomic E-state index is 12.2. The lowest BCUT2D eigenvalue weighted by atomic mass is 10.2. The van der Waals surface area contributed by atoms with Crippen molar-refractivity contribution in [3.05, 3.63) is 22.7 Å². The highest BCUT2D eigenvalue weighted by Crippen LogP contribution is 2.29. The van der Waals surface area contributed by atoms with Crippen LogP contribution in [0.5, 0.6) is 0 Å². The van der Waals surface area contributed by atoms with Gasteiger partial charge >= 0.3 is 0 Å². The molecule has 2 N–H and O–H groups in total. The lowest BCUT2D eigenvalue weighted by Gasteiger charge is -2.32. The van der Waals surface area contributed by atoms with Crippen molar-refractivity contribution in [1.82, 2.24) is 15.6 Å². The highest BCUT2D eigenvalue weighted by Gasteiger charge is 2.24. The molecule has 1 fully saturated rings. The minimum Gasteiger partial charge on any atom is -0.423 e. The summed E-state index contributed by atoms with van der Waals surface area (Å²) in [5, 5.41) is 6.57. The molecular weight excluding hydrogens is 304 g/mol. The smallest absolute Gasteiger partial charge is 0.298 e. The van der Waals surface area contributed by atoms with Gasteiger partial charge in [0.05, 0.1) is 5.56 Å². The predicted octanol–water partition coefficient (Wildman–Crippen LogP) is 2.03. The van der Waals surface area contributed by atoms with Gasteiger partial charge in [0.2, 0.25) is 0 Å². The number of rotatable bonds is 3. The van der Waals surface area contributed by atoms with E-state index in [1.807, 2.05) is 6.92 Å². The Labute approximate surface area is 133 Å². The Morgan fingerprint density at radius 1 is 1.59 bits per heavy atom. The number of carbonyl (C=O) groups excluding carboxylic acids is 1. The fourth-order valence-electron chi connectivity index (χ4n) is 2.66. The molecule has 1 atom stereocenters. The van der Waals surface area contributed by atoms with Gasteiger partial charge in [0, 0.05) is 37.2 Å².